The summed E-state index contributed by atoms with van der Waals surface area (Å²) in [5, 5.41) is 16.4. The lowest BCUT2D eigenvalue weighted by atomic mass is 10.2. The maximum atomic E-state index is 13.5. The van der Waals surface area contributed by atoms with Gasteiger partial charge in [-0.15, -0.1) is 11.8 Å². The molecule has 7 heteroatoms. The minimum atomic E-state index is -0.372. The van der Waals surface area contributed by atoms with Crippen LogP contribution in [0.15, 0.2) is 33.7 Å². The fourth-order valence-corrected chi connectivity index (χ4v) is 2.86. The molecule has 3 rings (SSSR count). The second-order valence-electron chi connectivity index (χ2n) is 4.62. The Morgan fingerprint density at radius 2 is 2.30 bits per heavy atom. The molecule has 5 nitrogen and oxygen atoms in total. The first-order chi connectivity index (χ1) is 9.72. The summed E-state index contributed by atoms with van der Waals surface area (Å²) in [7, 11) is 0. The van der Waals surface area contributed by atoms with Crippen LogP contribution in [0.2, 0.25) is 0 Å². The van der Waals surface area contributed by atoms with Crippen LogP contribution in [0.25, 0.3) is 0 Å². The summed E-state index contributed by atoms with van der Waals surface area (Å²) in [6.07, 6.45) is 0.199. The predicted octanol–water partition coefficient (Wildman–Crippen LogP) is 1.90. The molecule has 0 saturated carbocycles. The van der Waals surface area contributed by atoms with Crippen molar-refractivity contribution in [1.29, 1.82) is 0 Å². The number of hydrogen-bond acceptors (Lipinski definition) is 6. The fraction of sp³-hybridized carbons (Fsp3) is 0.385. The van der Waals surface area contributed by atoms with Gasteiger partial charge < -0.3 is 14.9 Å². The standard InChI is InChI=1S/C13H14FN3O2S/c14-9-3-1-2-4-11(9)20-7-12-16-13(19-17-12)10-5-8(18)6-15-10/h1-4,8,10,15,18H,5-7H2/t8-,10+/m1/s1. The van der Waals surface area contributed by atoms with Gasteiger partial charge in [-0.1, -0.05) is 17.3 Å². The zero-order valence-electron chi connectivity index (χ0n) is 10.6. The highest BCUT2D eigenvalue weighted by Gasteiger charge is 2.28. The number of nitrogens with one attached hydrogen (secondary N) is 1. The topological polar surface area (TPSA) is 71.2 Å². The van der Waals surface area contributed by atoms with Crippen molar-refractivity contribution in [3.05, 3.63) is 41.8 Å². The van der Waals surface area contributed by atoms with Gasteiger partial charge in [-0.05, 0) is 18.6 Å². The van der Waals surface area contributed by atoms with E-state index in [-0.39, 0.29) is 18.0 Å². The summed E-state index contributed by atoms with van der Waals surface area (Å²) in [6.45, 7) is 0.534. The summed E-state index contributed by atoms with van der Waals surface area (Å²) in [5.74, 6) is 1.20. The number of halogens is 1. The van der Waals surface area contributed by atoms with Crippen molar-refractivity contribution in [3.63, 3.8) is 0 Å². The van der Waals surface area contributed by atoms with E-state index in [0.717, 1.165) is 0 Å². The Bertz CT molecular complexity index is 593. The van der Waals surface area contributed by atoms with Crippen molar-refractivity contribution < 1.29 is 14.0 Å². The van der Waals surface area contributed by atoms with Crippen LogP contribution in [0, 0.1) is 5.82 Å². The third kappa shape index (κ3) is 3.00. The van der Waals surface area contributed by atoms with Crippen LogP contribution in [-0.2, 0) is 5.75 Å². The maximum Gasteiger partial charge on any atom is 0.243 e. The van der Waals surface area contributed by atoms with E-state index in [2.05, 4.69) is 15.5 Å². The molecular weight excluding hydrogens is 281 g/mol. The molecule has 1 aliphatic rings. The van der Waals surface area contributed by atoms with Crippen LogP contribution < -0.4 is 5.32 Å². The summed E-state index contributed by atoms with van der Waals surface area (Å²) >= 11 is 1.33. The highest BCUT2D eigenvalue weighted by Crippen LogP contribution is 2.26. The summed E-state index contributed by atoms with van der Waals surface area (Å²) < 4.78 is 18.6. The third-order valence-corrected chi connectivity index (χ3v) is 4.13. The van der Waals surface area contributed by atoms with Crippen molar-refractivity contribution in [3.8, 4) is 0 Å². The van der Waals surface area contributed by atoms with E-state index >= 15 is 0 Å². The van der Waals surface area contributed by atoms with E-state index in [0.29, 0.717) is 35.3 Å². The van der Waals surface area contributed by atoms with Crippen molar-refractivity contribution in [2.24, 2.45) is 0 Å². The quantitative estimate of drug-likeness (QED) is 0.839. The lowest BCUT2D eigenvalue weighted by Gasteiger charge is -2.01. The predicted molar refractivity (Wildman–Crippen MR) is 71.6 cm³/mol. The Balaban J connectivity index is 1.62. The van der Waals surface area contributed by atoms with Gasteiger partial charge in [-0.2, -0.15) is 4.98 Å². The molecule has 106 valence electrons. The van der Waals surface area contributed by atoms with E-state index in [4.69, 9.17) is 4.52 Å². The van der Waals surface area contributed by atoms with Gasteiger partial charge in [0.2, 0.25) is 5.89 Å². The molecule has 0 aliphatic carbocycles. The molecule has 2 aromatic rings. The van der Waals surface area contributed by atoms with Gasteiger partial charge in [0, 0.05) is 11.4 Å². The summed E-state index contributed by atoms with van der Waals surface area (Å²) in [5.41, 5.74) is 0. The Morgan fingerprint density at radius 3 is 3.05 bits per heavy atom. The second-order valence-corrected chi connectivity index (χ2v) is 5.64. The molecule has 0 spiro atoms. The number of hydrogen-bond donors (Lipinski definition) is 2. The van der Waals surface area contributed by atoms with Crippen molar-refractivity contribution in [2.75, 3.05) is 6.54 Å². The van der Waals surface area contributed by atoms with E-state index in [1.54, 1.807) is 18.2 Å². The highest BCUT2D eigenvalue weighted by molar-refractivity contribution is 7.98. The van der Waals surface area contributed by atoms with Gasteiger partial charge in [0.25, 0.3) is 0 Å². The number of rotatable bonds is 4. The zero-order chi connectivity index (χ0) is 13.9. The molecule has 1 saturated heterocycles. The van der Waals surface area contributed by atoms with Gasteiger partial charge in [-0.25, -0.2) is 4.39 Å². The molecule has 0 unspecified atom stereocenters. The molecule has 1 aromatic heterocycles. The number of benzene rings is 1. The number of nitrogens with zero attached hydrogens (tertiary/aromatic N) is 2. The van der Waals surface area contributed by atoms with E-state index < -0.39 is 0 Å². The summed E-state index contributed by atoms with van der Waals surface area (Å²) in [4.78, 5) is 4.84. The smallest absolute Gasteiger partial charge is 0.243 e. The van der Waals surface area contributed by atoms with E-state index in [1.807, 2.05) is 0 Å². The Kier molecular flexibility index (Phi) is 4.00. The second kappa shape index (κ2) is 5.90. The van der Waals surface area contributed by atoms with Gasteiger partial charge in [0.05, 0.1) is 17.9 Å². The lowest BCUT2D eigenvalue weighted by Crippen LogP contribution is -2.15. The molecule has 0 radical (unpaired) electrons. The molecule has 2 heterocycles. The monoisotopic (exact) mass is 295 g/mol. The van der Waals surface area contributed by atoms with Crippen LogP contribution in [-0.4, -0.2) is 27.9 Å². The Hall–Kier alpha value is -1.44. The highest BCUT2D eigenvalue weighted by atomic mass is 32.2. The van der Waals surface area contributed by atoms with E-state index in [9.17, 15) is 9.50 Å². The molecule has 0 amide bonds. The fourth-order valence-electron chi connectivity index (χ4n) is 2.08. The van der Waals surface area contributed by atoms with Gasteiger partial charge in [-0.3, -0.25) is 0 Å². The largest absolute Gasteiger partial charge is 0.392 e. The minimum absolute atomic E-state index is 0.0929. The molecule has 1 fully saturated rings. The Morgan fingerprint density at radius 1 is 1.45 bits per heavy atom. The molecule has 1 aromatic carbocycles. The number of aliphatic hydroxyl groups excluding tert-OH is 1. The van der Waals surface area contributed by atoms with Crippen LogP contribution in [0.5, 0.6) is 0 Å². The zero-order valence-corrected chi connectivity index (χ0v) is 11.4. The maximum absolute atomic E-state index is 13.5. The van der Waals surface area contributed by atoms with Crippen molar-refractivity contribution >= 4 is 11.8 Å². The Labute approximate surface area is 119 Å². The first kappa shape index (κ1) is 13.5. The number of aromatic nitrogens is 2. The van der Waals surface area contributed by atoms with Gasteiger partial charge in [0.1, 0.15) is 5.82 Å². The van der Waals surface area contributed by atoms with Crippen LogP contribution in [0.3, 0.4) is 0 Å². The third-order valence-electron chi connectivity index (χ3n) is 3.08. The van der Waals surface area contributed by atoms with Crippen molar-refractivity contribution in [2.45, 2.75) is 29.2 Å². The molecule has 20 heavy (non-hydrogen) atoms. The van der Waals surface area contributed by atoms with E-state index in [1.165, 1.54) is 17.8 Å². The van der Waals surface area contributed by atoms with Crippen molar-refractivity contribution in [1.82, 2.24) is 15.5 Å². The molecule has 1 aliphatic heterocycles. The van der Waals surface area contributed by atoms with Crippen LogP contribution >= 0.6 is 11.8 Å². The summed E-state index contributed by atoms with van der Waals surface area (Å²) in [6, 6.07) is 6.49. The van der Waals surface area contributed by atoms with Crippen LogP contribution in [0.4, 0.5) is 4.39 Å². The van der Waals surface area contributed by atoms with Gasteiger partial charge in [0.15, 0.2) is 5.82 Å². The van der Waals surface area contributed by atoms with Gasteiger partial charge >= 0.3 is 0 Å². The SMILES string of the molecule is O[C@H]1CN[C@H](c2nc(CSc3ccccc3F)no2)C1. The normalized spacial score (nSPS) is 22.3. The molecule has 2 N–H and O–H groups in total. The average molecular weight is 295 g/mol. The molecule has 0 bridgehead atoms. The number of β-amino-alcohol motifs (C(OH)–C–C–N with tert-alkyl or cyclic N) is 1. The molecule has 2 atom stereocenters. The lowest BCUT2D eigenvalue weighted by molar-refractivity contribution is 0.191. The molecular formula is C13H14FN3O2S. The first-order valence-corrected chi connectivity index (χ1v) is 7.32. The first-order valence-electron chi connectivity index (χ1n) is 6.33. The average Bonchev–Trinajstić information content (AvgIpc) is 3.06. The van der Waals surface area contributed by atoms with Crippen LogP contribution in [0.1, 0.15) is 24.2 Å². The number of thioether (sulfide) groups is 1. The number of aliphatic hydroxyl groups is 1. The minimum Gasteiger partial charge on any atom is -0.392 e.